The third-order valence-corrected chi connectivity index (χ3v) is 2.31. The van der Waals surface area contributed by atoms with Gasteiger partial charge in [-0.2, -0.15) is 0 Å². The molecule has 1 rings (SSSR count). The molecule has 0 fully saturated rings. The topological polar surface area (TPSA) is 51.4 Å². The molecule has 0 radical (unpaired) electrons. The lowest BCUT2D eigenvalue weighted by Gasteiger charge is -2.17. The summed E-state index contributed by atoms with van der Waals surface area (Å²) < 4.78 is 5.49. The van der Waals surface area contributed by atoms with Gasteiger partial charge in [-0.05, 0) is 19.2 Å². The van der Waals surface area contributed by atoms with E-state index >= 15 is 0 Å². The fraction of sp³-hybridized carbons (Fsp3) is 0.545. The second-order valence-corrected chi connectivity index (χ2v) is 3.31. The Kier molecular flexibility index (Phi) is 4.90. The van der Waals surface area contributed by atoms with Gasteiger partial charge in [0.15, 0.2) is 0 Å². The minimum absolute atomic E-state index is 0.636. The van der Waals surface area contributed by atoms with Crippen LogP contribution in [0.15, 0.2) is 18.3 Å². The van der Waals surface area contributed by atoms with E-state index in [0.29, 0.717) is 18.2 Å². The minimum Gasteiger partial charge on any atom is -0.476 e. The van der Waals surface area contributed by atoms with Crippen molar-refractivity contribution < 1.29 is 4.74 Å². The van der Waals surface area contributed by atoms with E-state index in [1.807, 2.05) is 0 Å². The zero-order valence-electron chi connectivity index (χ0n) is 9.44. The van der Waals surface area contributed by atoms with E-state index in [0.717, 1.165) is 19.6 Å². The van der Waals surface area contributed by atoms with Crippen LogP contribution in [0.4, 0.5) is 5.69 Å². The Hall–Kier alpha value is -1.29. The number of rotatable bonds is 6. The van der Waals surface area contributed by atoms with Crippen LogP contribution in [-0.4, -0.2) is 36.1 Å². The molecule has 0 unspecified atom stereocenters. The summed E-state index contributed by atoms with van der Waals surface area (Å²) in [6, 6.07) is 3.58. The van der Waals surface area contributed by atoms with Crippen LogP contribution in [0.5, 0.6) is 5.88 Å². The smallest absolute Gasteiger partial charge is 0.213 e. The Balaban J connectivity index is 2.28. The highest BCUT2D eigenvalue weighted by molar-refractivity contribution is 5.35. The Morgan fingerprint density at radius 1 is 1.33 bits per heavy atom. The second kappa shape index (κ2) is 6.24. The molecule has 1 aromatic heterocycles. The first kappa shape index (κ1) is 11.8. The quantitative estimate of drug-likeness (QED) is 0.769. The molecular formula is C11H19N3O. The molecule has 1 heterocycles. The van der Waals surface area contributed by atoms with Gasteiger partial charge in [-0.1, -0.05) is 13.8 Å². The van der Waals surface area contributed by atoms with Crippen molar-refractivity contribution in [2.24, 2.45) is 0 Å². The molecule has 4 heteroatoms. The highest BCUT2D eigenvalue weighted by Gasteiger charge is 1.99. The predicted molar refractivity (Wildman–Crippen MR) is 61.9 cm³/mol. The zero-order valence-corrected chi connectivity index (χ0v) is 9.44. The lowest BCUT2D eigenvalue weighted by atomic mass is 10.4. The Morgan fingerprint density at radius 2 is 2.07 bits per heavy atom. The molecule has 4 nitrogen and oxygen atoms in total. The Bertz CT molecular complexity index is 270. The number of hydrogen-bond donors (Lipinski definition) is 1. The summed E-state index contributed by atoms with van der Waals surface area (Å²) in [6.45, 7) is 7.98. The summed E-state index contributed by atoms with van der Waals surface area (Å²) >= 11 is 0. The van der Waals surface area contributed by atoms with Crippen LogP contribution in [0.25, 0.3) is 0 Å². The first-order valence-electron chi connectivity index (χ1n) is 5.33. The van der Waals surface area contributed by atoms with E-state index in [2.05, 4.69) is 23.7 Å². The summed E-state index contributed by atoms with van der Waals surface area (Å²) in [5.41, 5.74) is 6.18. The van der Waals surface area contributed by atoms with Gasteiger partial charge in [0.25, 0.3) is 0 Å². The predicted octanol–water partition coefficient (Wildman–Crippen LogP) is 1.38. The van der Waals surface area contributed by atoms with Crippen molar-refractivity contribution in [1.29, 1.82) is 0 Å². The van der Waals surface area contributed by atoms with E-state index in [-0.39, 0.29) is 0 Å². The molecule has 0 saturated carbocycles. The fourth-order valence-corrected chi connectivity index (χ4v) is 1.30. The van der Waals surface area contributed by atoms with Crippen LogP contribution in [0.2, 0.25) is 0 Å². The van der Waals surface area contributed by atoms with Crippen molar-refractivity contribution in [2.45, 2.75) is 13.8 Å². The molecule has 0 saturated heterocycles. The van der Waals surface area contributed by atoms with Crippen molar-refractivity contribution in [3.63, 3.8) is 0 Å². The van der Waals surface area contributed by atoms with Gasteiger partial charge in [-0.15, -0.1) is 0 Å². The number of pyridine rings is 1. The molecule has 0 bridgehead atoms. The van der Waals surface area contributed by atoms with E-state index in [4.69, 9.17) is 10.5 Å². The summed E-state index contributed by atoms with van der Waals surface area (Å²) in [5, 5.41) is 0. The maximum Gasteiger partial charge on any atom is 0.213 e. The standard InChI is InChI=1S/C11H19N3O/c1-3-14(4-2)7-8-15-11-6-5-10(12)9-13-11/h5-6,9H,3-4,7-8,12H2,1-2H3. The van der Waals surface area contributed by atoms with E-state index in [1.54, 1.807) is 18.3 Å². The largest absolute Gasteiger partial charge is 0.476 e. The molecule has 0 aromatic carbocycles. The van der Waals surface area contributed by atoms with Gasteiger partial charge in [0.05, 0.1) is 11.9 Å². The van der Waals surface area contributed by atoms with E-state index in [9.17, 15) is 0 Å². The number of hydrogen-bond acceptors (Lipinski definition) is 4. The maximum atomic E-state index is 5.52. The monoisotopic (exact) mass is 209 g/mol. The van der Waals surface area contributed by atoms with Gasteiger partial charge in [-0.3, -0.25) is 0 Å². The molecule has 84 valence electrons. The molecular weight excluding hydrogens is 190 g/mol. The van der Waals surface area contributed by atoms with Crippen LogP contribution in [0, 0.1) is 0 Å². The SMILES string of the molecule is CCN(CC)CCOc1ccc(N)cn1. The van der Waals surface area contributed by atoms with Crippen LogP contribution in [0.3, 0.4) is 0 Å². The summed E-state index contributed by atoms with van der Waals surface area (Å²) in [7, 11) is 0. The number of nitrogens with two attached hydrogens (primary N) is 1. The average Bonchev–Trinajstić information content (AvgIpc) is 2.27. The number of ether oxygens (including phenoxy) is 1. The molecule has 0 aliphatic heterocycles. The molecule has 1 aromatic rings. The van der Waals surface area contributed by atoms with Gasteiger partial charge in [-0.25, -0.2) is 4.98 Å². The van der Waals surface area contributed by atoms with Gasteiger partial charge in [0.2, 0.25) is 5.88 Å². The Labute approximate surface area is 91.1 Å². The third-order valence-electron chi connectivity index (χ3n) is 2.31. The molecule has 0 amide bonds. The molecule has 15 heavy (non-hydrogen) atoms. The molecule has 0 spiro atoms. The lowest BCUT2D eigenvalue weighted by Crippen LogP contribution is -2.28. The molecule has 0 atom stereocenters. The number of nitrogens with zero attached hydrogens (tertiary/aromatic N) is 2. The normalized spacial score (nSPS) is 10.6. The first-order chi connectivity index (χ1) is 7.26. The van der Waals surface area contributed by atoms with Crippen LogP contribution in [-0.2, 0) is 0 Å². The Morgan fingerprint density at radius 3 is 2.60 bits per heavy atom. The number of nitrogen functional groups attached to an aromatic ring is 1. The second-order valence-electron chi connectivity index (χ2n) is 3.31. The summed E-state index contributed by atoms with van der Waals surface area (Å²) in [6.07, 6.45) is 1.60. The lowest BCUT2D eigenvalue weighted by molar-refractivity contribution is 0.218. The zero-order chi connectivity index (χ0) is 11.1. The van der Waals surface area contributed by atoms with Crippen molar-refractivity contribution in [2.75, 3.05) is 32.0 Å². The van der Waals surface area contributed by atoms with Crippen molar-refractivity contribution in [1.82, 2.24) is 9.88 Å². The van der Waals surface area contributed by atoms with Crippen LogP contribution < -0.4 is 10.5 Å². The molecule has 0 aliphatic rings. The summed E-state index contributed by atoms with van der Waals surface area (Å²) in [5.74, 6) is 0.636. The van der Waals surface area contributed by atoms with Crippen molar-refractivity contribution in [3.8, 4) is 5.88 Å². The fourth-order valence-electron chi connectivity index (χ4n) is 1.30. The highest BCUT2D eigenvalue weighted by Crippen LogP contribution is 2.07. The number of anilines is 1. The average molecular weight is 209 g/mol. The number of aromatic nitrogens is 1. The first-order valence-corrected chi connectivity index (χ1v) is 5.33. The highest BCUT2D eigenvalue weighted by atomic mass is 16.5. The van der Waals surface area contributed by atoms with Crippen molar-refractivity contribution in [3.05, 3.63) is 18.3 Å². The minimum atomic E-state index is 0.636. The summed E-state index contributed by atoms with van der Waals surface area (Å²) in [4.78, 5) is 6.36. The van der Waals surface area contributed by atoms with Crippen molar-refractivity contribution >= 4 is 5.69 Å². The molecule has 0 aliphatic carbocycles. The maximum absolute atomic E-state index is 5.52. The van der Waals surface area contributed by atoms with E-state index < -0.39 is 0 Å². The number of likely N-dealkylation sites (N-methyl/N-ethyl adjacent to an activating group) is 1. The van der Waals surface area contributed by atoms with Gasteiger partial charge >= 0.3 is 0 Å². The van der Waals surface area contributed by atoms with Gasteiger partial charge < -0.3 is 15.4 Å². The van der Waals surface area contributed by atoms with Gasteiger partial charge in [0, 0.05) is 12.6 Å². The third kappa shape index (κ3) is 4.16. The molecule has 2 N–H and O–H groups in total. The van der Waals surface area contributed by atoms with Crippen LogP contribution >= 0.6 is 0 Å². The van der Waals surface area contributed by atoms with Crippen LogP contribution in [0.1, 0.15) is 13.8 Å². The van der Waals surface area contributed by atoms with Gasteiger partial charge in [0.1, 0.15) is 6.61 Å². The van der Waals surface area contributed by atoms with E-state index in [1.165, 1.54) is 0 Å².